The molecule has 0 saturated heterocycles. The highest BCUT2D eigenvalue weighted by Crippen LogP contribution is 2.27. The number of aliphatic hydroxyl groups is 1. The molecular formula is C11H13NO2S. The van der Waals surface area contributed by atoms with Gasteiger partial charge in [0.2, 0.25) is 0 Å². The summed E-state index contributed by atoms with van der Waals surface area (Å²) < 4.78 is 5.20. The van der Waals surface area contributed by atoms with Crippen LogP contribution < -0.4 is 0 Å². The van der Waals surface area contributed by atoms with Crippen LogP contribution in [0.5, 0.6) is 0 Å². The third-order valence-corrected chi connectivity index (χ3v) is 3.39. The van der Waals surface area contributed by atoms with Crippen LogP contribution in [0.2, 0.25) is 0 Å². The molecule has 1 N–H and O–H groups in total. The highest BCUT2D eigenvalue weighted by molar-refractivity contribution is 7.11. The summed E-state index contributed by atoms with van der Waals surface area (Å²) in [5, 5.41) is 11.0. The highest BCUT2D eigenvalue weighted by Gasteiger charge is 2.16. The number of aryl methyl sites for hydroxylation is 2. The second kappa shape index (κ2) is 4.16. The van der Waals surface area contributed by atoms with Crippen LogP contribution in [0, 0.1) is 13.8 Å². The molecule has 0 aliphatic carbocycles. The maximum atomic E-state index is 10.00. The summed E-state index contributed by atoms with van der Waals surface area (Å²) in [6.45, 7) is 3.87. The van der Waals surface area contributed by atoms with Gasteiger partial charge in [0.25, 0.3) is 0 Å². The minimum Gasteiger partial charge on any atom is -0.469 e. The number of hydrogen-bond donors (Lipinski definition) is 1. The molecule has 2 aromatic rings. The SMILES string of the molecule is Cc1nc(C)c(C(O)Cc2ccco2)s1. The predicted molar refractivity (Wildman–Crippen MR) is 59.0 cm³/mol. The molecule has 0 aliphatic rings. The largest absolute Gasteiger partial charge is 0.469 e. The minimum absolute atomic E-state index is 0.509. The zero-order valence-electron chi connectivity index (χ0n) is 8.73. The summed E-state index contributed by atoms with van der Waals surface area (Å²) in [7, 11) is 0. The third-order valence-electron chi connectivity index (χ3n) is 2.22. The number of rotatable bonds is 3. The average Bonchev–Trinajstić information content (AvgIpc) is 2.75. The summed E-state index contributed by atoms with van der Waals surface area (Å²) in [5.41, 5.74) is 0.913. The van der Waals surface area contributed by atoms with Gasteiger partial charge >= 0.3 is 0 Å². The summed E-state index contributed by atoms with van der Waals surface area (Å²) in [6, 6.07) is 3.69. The van der Waals surface area contributed by atoms with Crippen molar-refractivity contribution in [3.05, 3.63) is 39.7 Å². The first-order valence-electron chi connectivity index (χ1n) is 4.81. The topological polar surface area (TPSA) is 46.3 Å². The Hall–Kier alpha value is -1.13. The molecular weight excluding hydrogens is 210 g/mol. The first-order valence-corrected chi connectivity index (χ1v) is 5.63. The van der Waals surface area contributed by atoms with E-state index < -0.39 is 6.10 Å². The van der Waals surface area contributed by atoms with Gasteiger partial charge in [-0.3, -0.25) is 0 Å². The van der Waals surface area contributed by atoms with Crippen LogP contribution in [0.4, 0.5) is 0 Å². The molecule has 4 heteroatoms. The van der Waals surface area contributed by atoms with E-state index in [-0.39, 0.29) is 0 Å². The first kappa shape index (κ1) is 10.4. The van der Waals surface area contributed by atoms with Gasteiger partial charge in [0.15, 0.2) is 0 Å². The number of furan rings is 1. The van der Waals surface area contributed by atoms with Gasteiger partial charge in [0.05, 0.1) is 27.9 Å². The van der Waals surface area contributed by atoms with E-state index in [0.717, 1.165) is 21.3 Å². The first-order chi connectivity index (χ1) is 7.16. The molecule has 2 aromatic heterocycles. The van der Waals surface area contributed by atoms with Crippen LogP contribution in [-0.2, 0) is 6.42 Å². The van der Waals surface area contributed by atoms with Crippen molar-refractivity contribution >= 4 is 11.3 Å². The van der Waals surface area contributed by atoms with Crippen molar-refractivity contribution in [2.45, 2.75) is 26.4 Å². The monoisotopic (exact) mass is 223 g/mol. The fourth-order valence-corrected chi connectivity index (χ4v) is 2.48. The normalized spacial score (nSPS) is 13.0. The summed E-state index contributed by atoms with van der Waals surface area (Å²) in [6.07, 6.45) is 1.62. The van der Waals surface area contributed by atoms with Gasteiger partial charge in [-0.1, -0.05) is 0 Å². The summed E-state index contributed by atoms with van der Waals surface area (Å²) in [5.74, 6) is 0.799. The van der Waals surface area contributed by atoms with Crippen molar-refractivity contribution in [1.82, 2.24) is 4.98 Å². The lowest BCUT2D eigenvalue weighted by Crippen LogP contribution is -2.00. The molecule has 0 aliphatic heterocycles. The molecule has 0 amide bonds. The average molecular weight is 223 g/mol. The van der Waals surface area contributed by atoms with Crippen LogP contribution in [-0.4, -0.2) is 10.1 Å². The van der Waals surface area contributed by atoms with E-state index in [0.29, 0.717) is 6.42 Å². The van der Waals surface area contributed by atoms with E-state index in [4.69, 9.17) is 4.42 Å². The Balaban J connectivity index is 2.14. The van der Waals surface area contributed by atoms with Gasteiger partial charge in [0, 0.05) is 6.42 Å². The zero-order chi connectivity index (χ0) is 10.8. The van der Waals surface area contributed by atoms with Crippen LogP contribution >= 0.6 is 11.3 Å². The highest BCUT2D eigenvalue weighted by atomic mass is 32.1. The molecule has 15 heavy (non-hydrogen) atoms. The number of aliphatic hydroxyl groups excluding tert-OH is 1. The van der Waals surface area contributed by atoms with Gasteiger partial charge in [0.1, 0.15) is 5.76 Å². The van der Waals surface area contributed by atoms with E-state index in [1.54, 1.807) is 17.6 Å². The molecule has 3 nitrogen and oxygen atoms in total. The standard InChI is InChI=1S/C11H13NO2S/c1-7-11(15-8(2)12-7)10(13)6-9-4-3-5-14-9/h3-5,10,13H,6H2,1-2H3. The molecule has 80 valence electrons. The molecule has 0 bridgehead atoms. The Morgan fingerprint density at radius 2 is 2.33 bits per heavy atom. The lowest BCUT2D eigenvalue weighted by molar-refractivity contribution is 0.173. The number of thiazole rings is 1. The lowest BCUT2D eigenvalue weighted by atomic mass is 10.1. The van der Waals surface area contributed by atoms with Crippen LogP contribution in [0.25, 0.3) is 0 Å². The van der Waals surface area contributed by atoms with E-state index in [1.807, 2.05) is 26.0 Å². The second-order valence-corrected chi connectivity index (χ2v) is 4.72. The Kier molecular flexibility index (Phi) is 2.88. The molecule has 0 radical (unpaired) electrons. The van der Waals surface area contributed by atoms with Gasteiger partial charge in [-0.05, 0) is 26.0 Å². The molecule has 2 rings (SSSR count). The molecule has 0 saturated carbocycles. The zero-order valence-corrected chi connectivity index (χ0v) is 9.54. The molecule has 1 unspecified atom stereocenters. The van der Waals surface area contributed by atoms with Crippen LogP contribution in [0.3, 0.4) is 0 Å². The van der Waals surface area contributed by atoms with Gasteiger partial charge in [-0.15, -0.1) is 11.3 Å². The van der Waals surface area contributed by atoms with Crippen molar-refractivity contribution in [2.24, 2.45) is 0 Å². The maximum Gasteiger partial charge on any atom is 0.106 e. The summed E-state index contributed by atoms with van der Waals surface area (Å²) >= 11 is 1.54. The van der Waals surface area contributed by atoms with Crippen molar-refractivity contribution in [3.63, 3.8) is 0 Å². The quantitative estimate of drug-likeness (QED) is 0.870. The van der Waals surface area contributed by atoms with Crippen molar-refractivity contribution in [1.29, 1.82) is 0 Å². The van der Waals surface area contributed by atoms with E-state index in [2.05, 4.69) is 4.98 Å². The molecule has 1 atom stereocenters. The molecule has 2 heterocycles. The van der Waals surface area contributed by atoms with Crippen molar-refractivity contribution < 1.29 is 9.52 Å². The van der Waals surface area contributed by atoms with Gasteiger partial charge in [-0.2, -0.15) is 0 Å². The molecule has 0 spiro atoms. The minimum atomic E-state index is -0.512. The summed E-state index contributed by atoms with van der Waals surface area (Å²) in [4.78, 5) is 5.22. The predicted octanol–water partition coefficient (Wildman–Crippen LogP) is 2.63. The van der Waals surface area contributed by atoms with Crippen LogP contribution in [0.1, 0.15) is 27.4 Å². The Labute approximate surface area is 92.4 Å². The van der Waals surface area contributed by atoms with Crippen molar-refractivity contribution in [2.75, 3.05) is 0 Å². The van der Waals surface area contributed by atoms with E-state index in [1.165, 1.54) is 0 Å². The lowest BCUT2D eigenvalue weighted by Gasteiger charge is -2.06. The number of nitrogens with zero attached hydrogens (tertiary/aromatic N) is 1. The Morgan fingerprint density at radius 1 is 1.53 bits per heavy atom. The molecule has 0 aromatic carbocycles. The fraction of sp³-hybridized carbons (Fsp3) is 0.364. The smallest absolute Gasteiger partial charge is 0.106 e. The third kappa shape index (κ3) is 2.27. The second-order valence-electron chi connectivity index (χ2n) is 3.48. The Morgan fingerprint density at radius 3 is 2.87 bits per heavy atom. The number of aromatic nitrogens is 1. The van der Waals surface area contributed by atoms with Gasteiger partial charge < -0.3 is 9.52 Å². The molecule has 0 fully saturated rings. The fourth-order valence-electron chi connectivity index (χ4n) is 1.57. The van der Waals surface area contributed by atoms with E-state index in [9.17, 15) is 5.11 Å². The van der Waals surface area contributed by atoms with Gasteiger partial charge in [-0.25, -0.2) is 4.98 Å². The Bertz CT molecular complexity index is 433. The van der Waals surface area contributed by atoms with Crippen LogP contribution in [0.15, 0.2) is 22.8 Å². The van der Waals surface area contributed by atoms with Crippen molar-refractivity contribution in [3.8, 4) is 0 Å². The maximum absolute atomic E-state index is 10.00. The van der Waals surface area contributed by atoms with E-state index >= 15 is 0 Å². The number of hydrogen-bond acceptors (Lipinski definition) is 4.